The number of nitrogens with zero attached hydrogens (tertiary/aromatic N) is 3. The summed E-state index contributed by atoms with van der Waals surface area (Å²) in [6.07, 6.45) is 0. The lowest BCUT2D eigenvalue weighted by Crippen LogP contribution is -2.55. The van der Waals surface area contributed by atoms with E-state index in [1.807, 2.05) is 18.7 Å². The van der Waals surface area contributed by atoms with Gasteiger partial charge in [-0.2, -0.15) is 9.57 Å². The second-order valence-corrected chi connectivity index (χ2v) is 7.81. The summed E-state index contributed by atoms with van der Waals surface area (Å²) in [5, 5.41) is 9.38. The normalized spacial score (nSPS) is 18.4. The second-order valence-electron chi connectivity index (χ2n) is 5.49. The highest BCUT2D eigenvalue weighted by atomic mass is 35.5. The molecule has 7 heteroatoms. The molecule has 0 saturated carbocycles. The van der Waals surface area contributed by atoms with E-state index >= 15 is 0 Å². The number of nitriles is 1. The van der Waals surface area contributed by atoms with Crippen LogP contribution in [0.4, 0.5) is 0 Å². The largest absolute Gasteiger partial charge is 0.283 e. The molecule has 1 heterocycles. The van der Waals surface area contributed by atoms with Crippen LogP contribution in [-0.2, 0) is 10.0 Å². The SMILES string of the molecule is CC(C)(C#N)N1CCN(S(=O)(=O)c2ccccc2Cl)CC1. The monoisotopic (exact) mass is 327 g/mol. The molecule has 1 aromatic rings. The summed E-state index contributed by atoms with van der Waals surface area (Å²) in [6.45, 7) is 5.46. The van der Waals surface area contributed by atoms with Crippen LogP contribution in [0.25, 0.3) is 0 Å². The van der Waals surface area contributed by atoms with Gasteiger partial charge in [0.1, 0.15) is 10.4 Å². The Labute approximate surface area is 130 Å². The summed E-state index contributed by atoms with van der Waals surface area (Å²) in [4.78, 5) is 2.13. The van der Waals surface area contributed by atoms with Gasteiger partial charge in [0.05, 0.1) is 11.1 Å². The molecule has 1 saturated heterocycles. The van der Waals surface area contributed by atoms with Crippen molar-refractivity contribution in [3.05, 3.63) is 29.3 Å². The molecule has 0 amide bonds. The molecule has 0 radical (unpaired) electrons. The number of halogens is 1. The Hall–Kier alpha value is -1.13. The maximum Gasteiger partial charge on any atom is 0.244 e. The number of rotatable bonds is 3. The fourth-order valence-electron chi connectivity index (χ4n) is 2.35. The molecular formula is C14H18ClN3O2S. The summed E-state index contributed by atoms with van der Waals surface area (Å²) in [5.74, 6) is 0. The molecule has 5 nitrogen and oxygen atoms in total. The molecule has 114 valence electrons. The van der Waals surface area contributed by atoms with Crippen molar-refractivity contribution >= 4 is 21.6 Å². The molecule has 0 aliphatic carbocycles. The van der Waals surface area contributed by atoms with Crippen molar-refractivity contribution in [2.75, 3.05) is 26.2 Å². The Bertz CT molecular complexity index is 659. The lowest BCUT2D eigenvalue weighted by atomic mass is 10.0. The first-order valence-corrected chi connectivity index (χ1v) is 8.52. The fraction of sp³-hybridized carbons (Fsp3) is 0.500. The van der Waals surface area contributed by atoms with Gasteiger partial charge in [0.15, 0.2) is 0 Å². The highest BCUT2D eigenvalue weighted by Crippen LogP contribution is 2.26. The first-order chi connectivity index (χ1) is 9.79. The maximum atomic E-state index is 12.6. The van der Waals surface area contributed by atoms with Crippen LogP contribution in [-0.4, -0.2) is 49.3 Å². The van der Waals surface area contributed by atoms with Gasteiger partial charge in [-0.25, -0.2) is 8.42 Å². The molecule has 1 fully saturated rings. The van der Waals surface area contributed by atoms with E-state index in [0.717, 1.165) is 0 Å². The van der Waals surface area contributed by atoms with Crippen LogP contribution < -0.4 is 0 Å². The Morgan fingerprint density at radius 2 is 1.76 bits per heavy atom. The number of hydrogen-bond donors (Lipinski definition) is 0. The molecule has 0 bridgehead atoms. The minimum Gasteiger partial charge on any atom is -0.283 e. The van der Waals surface area contributed by atoms with Gasteiger partial charge in [-0.3, -0.25) is 4.90 Å². The van der Waals surface area contributed by atoms with Crippen LogP contribution in [0.2, 0.25) is 5.02 Å². The number of benzene rings is 1. The Morgan fingerprint density at radius 3 is 2.29 bits per heavy atom. The quantitative estimate of drug-likeness (QED) is 0.851. The lowest BCUT2D eigenvalue weighted by Gasteiger charge is -2.39. The van der Waals surface area contributed by atoms with Gasteiger partial charge in [0.2, 0.25) is 10.0 Å². The summed E-state index contributed by atoms with van der Waals surface area (Å²) < 4.78 is 26.6. The Balaban J connectivity index is 2.16. The average Bonchev–Trinajstić information content (AvgIpc) is 2.47. The Kier molecular flexibility index (Phi) is 4.59. The van der Waals surface area contributed by atoms with Gasteiger partial charge in [0.25, 0.3) is 0 Å². The molecular weight excluding hydrogens is 310 g/mol. The van der Waals surface area contributed by atoms with E-state index in [4.69, 9.17) is 16.9 Å². The van der Waals surface area contributed by atoms with Crippen LogP contribution in [0.1, 0.15) is 13.8 Å². The third-order valence-electron chi connectivity index (χ3n) is 3.76. The topological polar surface area (TPSA) is 64.4 Å². The van der Waals surface area contributed by atoms with Crippen molar-refractivity contribution in [1.82, 2.24) is 9.21 Å². The van der Waals surface area contributed by atoms with Gasteiger partial charge in [-0.15, -0.1) is 0 Å². The van der Waals surface area contributed by atoms with Crippen molar-refractivity contribution in [2.45, 2.75) is 24.3 Å². The van der Waals surface area contributed by atoms with Crippen LogP contribution >= 0.6 is 11.6 Å². The standard InChI is InChI=1S/C14H18ClN3O2S/c1-14(2,11-16)17-7-9-18(10-8-17)21(19,20)13-6-4-3-5-12(13)15/h3-6H,7-10H2,1-2H3. The predicted octanol–water partition coefficient (Wildman–Crippen LogP) is 1.95. The van der Waals surface area contributed by atoms with Gasteiger partial charge in [-0.05, 0) is 26.0 Å². The zero-order valence-corrected chi connectivity index (χ0v) is 13.7. The van der Waals surface area contributed by atoms with Crippen LogP contribution in [0, 0.1) is 11.3 Å². The third kappa shape index (κ3) is 3.22. The molecule has 1 aliphatic heterocycles. The minimum absolute atomic E-state index is 0.139. The van der Waals surface area contributed by atoms with Gasteiger partial charge < -0.3 is 0 Å². The smallest absolute Gasteiger partial charge is 0.244 e. The van der Waals surface area contributed by atoms with Crippen molar-refractivity contribution in [3.63, 3.8) is 0 Å². The molecule has 0 spiro atoms. The lowest BCUT2D eigenvalue weighted by molar-refractivity contribution is 0.115. The number of piperazine rings is 1. The highest BCUT2D eigenvalue weighted by molar-refractivity contribution is 7.89. The average molecular weight is 328 g/mol. The van der Waals surface area contributed by atoms with E-state index in [0.29, 0.717) is 26.2 Å². The molecule has 1 aliphatic rings. The third-order valence-corrected chi connectivity index (χ3v) is 6.16. The van der Waals surface area contributed by atoms with Gasteiger partial charge >= 0.3 is 0 Å². The molecule has 21 heavy (non-hydrogen) atoms. The van der Waals surface area contributed by atoms with Crippen LogP contribution in [0.15, 0.2) is 29.2 Å². The zero-order valence-electron chi connectivity index (χ0n) is 12.1. The predicted molar refractivity (Wildman–Crippen MR) is 81.5 cm³/mol. The molecule has 0 atom stereocenters. The molecule has 2 rings (SSSR count). The summed E-state index contributed by atoms with van der Waals surface area (Å²) >= 11 is 5.99. The van der Waals surface area contributed by atoms with Crippen molar-refractivity contribution in [1.29, 1.82) is 5.26 Å². The van der Waals surface area contributed by atoms with Crippen molar-refractivity contribution < 1.29 is 8.42 Å². The molecule has 0 aromatic heterocycles. The van der Waals surface area contributed by atoms with E-state index in [9.17, 15) is 8.42 Å². The first-order valence-electron chi connectivity index (χ1n) is 6.70. The van der Waals surface area contributed by atoms with Gasteiger partial charge in [0, 0.05) is 26.2 Å². The summed E-state index contributed by atoms with van der Waals surface area (Å²) in [5.41, 5.74) is -0.583. The van der Waals surface area contributed by atoms with E-state index in [2.05, 4.69) is 6.07 Å². The van der Waals surface area contributed by atoms with Crippen LogP contribution in [0.3, 0.4) is 0 Å². The number of sulfonamides is 1. The highest BCUT2D eigenvalue weighted by Gasteiger charge is 2.34. The van der Waals surface area contributed by atoms with E-state index in [1.54, 1.807) is 18.2 Å². The summed E-state index contributed by atoms with van der Waals surface area (Å²) in [7, 11) is -3.58. The van der Waals surface area contributed by atoms with Gasteiger partial charge in [-0.1, -0.05) is 23.7 Å². The molecule has 1 aromatic carbocycles. The number of hydrogen-bond acceptors (Lipinski definition) is 4. The van der Waals surface area contributed by atoms with E-state index < -0.39 is 15.6 Å². The maximum absolute atomic E-state index is 12.6. The molecule has 0 unspecified atom stereocenters. The Morgan fingerprint density at radius 1 is 1.19 bits per heavy atom. The minimum atomic E-state index is -3.58. The zero-order chi connectivity index (χ0) is 15.7. The second kappa shape index (κ2) is 5.93. The summed E-state index contributed by atoms with van der Waals surface area (Å²) in [6, 6.07) is 8.70. The van der Waals surface area contributed by atoms with Crippen molar-refractivity contribution in [3.8, 4) is 6.07 Å². The van der Waals surface area contributed by atoms with Crippen LogP contribution in [0.5, 0.6) is 0 Å². The van der Waals surface area contributed by atoms with E-state index in [-0.39, 0.29) is 9.92 Å². The fourth-order valence-corrected chi connectivity index (χ4v) is 4.27. The first kappa shape index (κ1) is 16.2. The molecule has 0 N–H and O–H groups in total. The van der Waals surface area contributed by atoms with E-state index in [1.165, 1.54) is 10.4 Å². The van der Waals surface area contributed by atoms with Crippen molar-refractivity contribution in [2.24, 2.45) is 0 Å².